The van der Waals surface area contributed by atoms with Gasteiger partial charge in [0.15, 0.2) is 0 Å². The van der Waals surface area contributed by atoms with Gasteiger partial charge in [-0.05, 0) is 74.6 Å². The average molecular weight is 629 g/mol. The molecule has 0 spiro atoms. The van der Waals surface area contributed by atoms with E-state index < -0.39 is 23.8 Å². The highest BCUT2D eigenvalue weighted by atomic mass is 19.1. The molecule has 2 atom stereocenters. The number of anilines is 1. The standard InChI is InChI=1S/C35H41FN6O4/c1-5-46-31-15-10-24(22-40(3)4)20-30(31)38-33(43)32(23(2)28-21-37-29-9-7-6-8-27(28)29)39-35(45)42-18-16-41(17-19-42)34(44)25-11-13-26(36)14-12-25/h6-15,20-21,23,32,37H,5,16-19,22H2,1-4H3,(H,38,43)(H,39,45)/t23-,32-/m1/s1. The quantitative estimate of drug-likeness (QED) is 0.228. The summed E-state index contributed by atoms with van der Waals surface area (Å²) in [4.78, 5) is 49.3. The molecule has 11 heteroatoms. The Kier molecular flexibility index (Phi) is 10.2. The summed E-state index contributed by atoms with van der Waals surface area (Å²) < 4.78 is 19.2. The molecule has 0 unspecified atom stereocenters. The van der Waals surface area contributed by atoms with Crippen LogP contribution in [-0.2, 0) is 11.3 Å². The van der Waals surface area contributed by atoms with Crippen molar-refractivity contribution in [2.24, 2.45) is 0 Å². The lowest BCUT2D eigenvalue weighted by molar-refractivity contribution is -0.118. The molecule has 5 rings (SSSR count). The Morgan fingerprint density at radius 2 is 1.67 bits per heavy atom. The molecule has 2 heterocycles. The maximum absolute atomic E-state index is 14.1. The number of nitrogens with one attached hydrogen (secondary N) is 3. The molecule has 1 saturated heterocycles. The minimum Gasteiger partial charge on any atom is -0.492 e. The van der Waals surface area contributed by atoms with Crippen LogP contribution in [0.15, 0.2) is 72.9 Å². The molecule has 0 saturated carbocycles. The largest absolute Gasteiger partial charge is 0.492 e. The van der Waals surface area contributed by atoms with Gasteiger partial charge in [-0.1, -0.05) is 31.2 Å². The topological polar surface area (TPSA) is 110 Å². The Morgan fingerprint density at radius 1 is 0.978 bits per heavy atom. The minimum atomic E-state index is -0.933. The number of amides is 4. The average Bonchev–Trinajstić information content (AvgIpc) is 3.48. The lowest BCUT2D eigenvalue weighted by Crippen LogP contribution is -2.57. The first-order valence-corrected chi connectivity index (χ1v) is 15.5. The third-order valence-electron chi connectivity index (χ3n) is 8.22. The number of piperazine rings is 1. The Hall–Kier alpha value is -4.90. The molecule has 0 aliphatic carbocycles. The third kappa shape index (κ3) is 7.48. The molecule has 242 valence electrons. The van der Waals surface area contributed by atoms with Crippen LogP contribution in [0.3, 0.4) is 0 Å². The number of hydrogen-bond acceptors (Lipinski definition) is 5. The summed E-state index contributed by atoms with van der Waals surface area (Å²) in [6.07, 6.45) is 1.88. The SMILES string of the molecule is CCOc1ccc(CN(C)C)cc1NC(=O)[C@H](NC(=O)N1CCN(C(=O)c2ccc(F)cc2)CC1)[C@H](C)c1c[nH]c2ccccc12. The summed E-state index contributed by atoms with van der Waals surface area (Å²) in [6, 6.07) is 17.7. The first kappa shape index (κ1) is 32.5. The fourth-order valence-corrected chi connectivity index (χ4v) is 5.81. The van der Waals surface area contributed by atoms with Gasteiger partial charge >= 0.3 is 6.03 Å². The van der Waals surface area contributed by atoms with E-state index in [-0.39, 0.29) is 24.9 Å². The minimum absolute atomic E-state index is 0.216. The van der Waals surface area contributed by atoms with Crippen molar-refractivity contribution < 1.29 is 23.5 Å². The van der Waals surface area contributed by atoms with Crippen molar-refractivity contribution in [1.82, 2.24) is 25.0 Å². The third-order valence-corrected chi connectivity index (χ3v) is 8.22. The van der Waals surface area contributed by atoms with E-state index in [1.165, 1.54) is 24.3 Å². The number of urea groups is 1. The van der Waals surface area contributed by atoms with Gasteiger partial charge < -0.3 is 35.1 Å². The molecule has 1 aliphatic heterocycles. The number of benzene rings is 3. The van der Waals surface area contributed by atoms with Crippen LogP contribution >= 0.6 is 0 Å². The predicted octanol–water partition coefficient (Wildman–Crippen LogP) is 5.05. The Balaban J connectivity index is 1.35. The number of fused-ring (bicyclic) bond motifs is 1. The van der Waals surface area contributed by atoms with E-state index in [2.05, 4.69) is 15.6 Å². The second-order valence-corrected chi connectivity index (χ2v) is 11.8. The van der Waals surface area contributed by atoms with Gasteiger partial charge in [-0.25, -0.2) is 9.18 Å². The summed E-state index contributed by atoms with van der Waals surface area (Å²) in [7, 11) is 3.95. The van der Waals surface area contributed by atoms with E-state index in [0.29, 0.717) is 43.2 Å². The number of para-hydroxylation sites is 1. The lowest BCUT2D eigenvalue weighted by Gasteiger charge is -2.36. The van der Waals surface area contributed by atoms with E-state index in [0.717, 1.165) is 22.0 Å². The highest BCUT2D eigenvalue weighted by molar-refractivity contribution is 5.99. The maximum Gasteiger partial charge on any atom is 0.318 e. The molecule has 3 aromatic carbocycles. The lowest BCUT2D eigenvalue weighted by atomic mass is 9.92. The summed E-state index contributed by atoms with van der Waals surface area (Å²) in [5.74, 6) is -0.855. The Labute approximate surface area is 268 Å². The number of aromatic nitrogens is 1. The van der Waals surface area contributed by atoms with Crippen molar-refractivity contribution in [3.63, 3.8) is 0 Å². The predicted molar refractivity (Wildman–Crippen MR) is 177 cm³/mol. The first-order chi connectivity index (χ1) is 22.1. The van der Waals surface area contributed by atoms with Crippen molar-refractivity contribution in [2.75, 3.05) is 52.2 Å². The van der Waals surface area contributed by atoms with Gasteiger partial charge in [-0.2, -0.15) is 0 Å². The number of hydrogen-bond donors (Lipinski definition) is 3. The second kappa shape index (κ2) is 14.5. The fraction of sp³-hybridized carbons (Fsp3) is 0.343. The van der Waals surface area contributed by atoms with E-state index in [9.17, 15) is 18.8 Å². The van der Waals surface area contributed by atoms with E-state index >= 15 is 0 Å². The maximum atomic E-state index is 14.1. The summed E-state index contributed by atoms with van der Waals surface area (Å²) in [5.41, 5.74) is 3.76. The van der Waals surface area contributed by atoms with Gasteiger partial charge in [0.2, 0.25) is 5.91 Å². The van der Waals surface area contributed by atoms with E-state index in [1.54, 1.807) is 9.80 Å². The molecule has 1 aromatic heterocycles. The molecule has 4 amide bonds. The van der Waals surface area contributed by atoms with Crippen molar-refractivity contribution in [2.45, 2.75) is 32.4 Å². The van der Waals surface area contributed by atoms with Crippen LogP contribution in [0, 0.1) is 5.82 Å². The fourth-order valence-electron chi connectivity index (χ4n) is 5.81. The molecule has 1 aliphatic rings. The van der Waals surface area contributed by atoms with Gasteiger partial charge in [-0.3, -0.25) is 9.59 Å². The number of carbonyl (C=O) groups is 3. The number of carbonyl (C=O) groups excluding carboxylic acids is 3. The molecule has 46 heavy (non-hydrogen) atoms. The van der Waals surface area contributed by atoms with Crippen molar-refractivity contribution in [1.29, 1.82) is 0 Å². The van der Waals surface area contributed by atoms with E-state index in [1.807, 2.05) is 81.5 Å². The summed E-state index contributed by atoms with van der Waals surface area (Å²) >= 11 is 0. The second-order valence-electron chi connectivity index (χ2n) is 11.8. The summed E-state index contributed by atoms with van der Waals surface area (Å²) in [5, 5.41) is 7.02. The number of halogens is 1. The van der Waals surface area contributed by atoms with Gasteiger partial charge in [0.1, 0.15) is 17.6 Å². The van der Waals surface area contributed by atoms with Crippen LogP contribution in [0.5, 0.6) is 5.75 Å². The van der Waals surface area contributed by atoms with Crippen molar-refractivity contribution in [3.05, 3.63) is 95.4 Å². The smallest absolute Gasteiger partial charge is 0.318 e. The number of nitrogens with zero attached hydrogens (tertiary/aromatic N) is 3. The molecule has 0 radical (unpaired) electrons. The highest BCUT2D eigenvalue weighted by Gasteiger charge is 2.33. The van der Waals surface area contributed by atoms with E-state index in [4.69, 9.17) is 4.74 Å². The van der Waals surface area contributed by atoms with Crippen LogP contribution < -0.4 is 15.4 Å². The zero-order chi connectivity index (χ0) is 32.8. The number of ether oxygens (including phenoxy) is 1. The molecular formula is C35H41FN6O4. The molecular weight excluding hydrogens is 587 g/mol. The number of H-pyrrole nitrogens is 1. The first-order valence-electron chi connectivity index (χ1n) is 15.5. The van der Waals surface area contributed by atoms with Gasteiger partial charge in [0, 0.05) is 61.3 Å². The molecule has 3 N–H and O–H groups in total. The highest BCUT2D eigenvalue weighted by Crippen LogP contribution is 2.31. The van der Waals surface area contributed by atoms with Crippen LogP contribution in [0.25, 0.3) is 10.9 Å². The van der Waals surface area contributed by atoms with Crippen LogP contribution in [-0.4, -0.2) is 90.5 Å². The van der Waals surface area contributed by atoms with Gasteiger partial charge in [0.05, 0.1) is 12.3 Å². The van der Waals surface area contributed by atoms with Crippen molar-refractivity contribution >= 4 is 34.4 Å². The normalized spacial score (nSPS) is 14.7. The summed E-state index contributed by atoms with van der Waals surface area (Å²) in [6.45, 7) is 6.11. The van der Waals surface area contributed by atoms with Crippen LogP contribution in [0.2, 0.25) is 0 Å². The molecule has 4 aromatic rings. The zero-order valence-electron chi connectivity index (χ0n) is 26.7. The number of aromatic amines is 1. The van der Waals surface area contributed by atoms with Crippen molar-refractivity contribution in [3.8, 4) is 5.75 Å². The molecule has 1 fully saturated rings. The van der Waals surface area contributed by atoms with Crippen LogP contribution in [0.1, 0.15) is 41.3 Å². The Morgan fingerprint density at radius 3 is 2.37 bits per heavy atom. The van der Waals surface area contributed by atoms with Gasteiger partial charge in [0.25, 0.3) is 5.91 Å². The molecule has 0 bridgehead atoms. The number of rotatable bonds is 10. The molecule has 10 nitrogen and oxygen atoms in total. The zero-order valence-corrected chi connectivity index (χ0v) is 26.7. The van der Waals surface area contributed by atoms with Crippen LogP contribution in [0.4, 0.5) is 14.9 Å². The van der Waals surface area contributed by atoms with Gasteiger partial charge in [-0.15, -0.1) is 0 Å². The Bertz CT molecular complexity index is 1680. The monoisotopic (exact) mass is 628 g/mol.